The molecule has 4 fully saturated rings. The number of allylic oxidation sites excluding steroid dienone is 1. The van der Waals surface area contributed by atoms with Crippen LogP contribution in [-0.2, 0) is 0 Å². The lowest BCUT2D eigenvalue weighted by atomic mass is 9.10. The summed E-state index contributed by atoms with van der Waals surface area (Å²) in [5.74, 6) is 0.763. The lowest BCUT2D eigenvalue weighted by Crippen LogP contribution is -2.76. The van der Waals surface area contributed by atoms with Gasteiger partial charge in [0.1, 0.15) is 0 Å². The Morgan fingerprint density at radius 3 is 2.59 bits per heavy atom. The van der Waals surface area contributed by atoms with Gasteiger partial charge in [0.15, 0.2) is 6.71 Å². The summed E-state index contributed by atoms with van der Waals surface area (Å²) in [4.78, 5) is 0. The SMILES string of the molecule is CC1C2=CC(O)C3C4(CCC5(C)C(CC/C=C/C(C)(C)O)CC[C@@]35C)C(F)B(CC1O)C24. The van der Waals surface area contributed by atoms with Crippen molar-refractivity contribution in [2.75, 3.05) is 0 Å². The van der Waals surface area contributed by atoms with E-state index in [-0.39, 0.29) is 35.2 Å². The molecule has 10 atom stereocenters. The molecule has 5 aliphatic rings. The number of aliphatic hydroxyl groups excluding tert-OH is 2. The highest BCUT2D eigenvalue weighted by Gasteiger charge is 2.78. The highest BCUT2D eigenvalue weighted by atomic mass is 19.1. The molecule has 1 spiro atoms. The van der Waals surface area contributed by atoms with E-state index in [1.54, 1.807) is 13.8 Å². The monoisotopic (exact) mass is 444 g/mol. The highest BCUT2D eigenvalue weighted by molar-refractivity contribution is 6.67. The second kappa shape index (κ2) is 7.18. The molecule has 9 unspecified atom stereocenters. The van der Waals surface area contributed by atoms with Crippen LogP contribution in [0.4, 0.5) is 4.39 Å². The molecule has 2 heterocycles. The Hall–Kier alpha value is -0.645. The summed E-state index contributed by atoms with van der Waals surface area (Å²) in [5, 5.41) is 32.0. The predicted octanol–water partition coefficient (Wildman–Crippen LogP) is 4.98. The van der Waals surface area contributed by atoms with Crippen molar-refractivity contribution in [3.8, 4) is 0 Å². The maximum atomic E-state index is 16.1. The quantitative estimate of drug-likeness (QED) is 0.423. The lowest BCUT2D eigenvalue weighted by molar-refractivity contribution is -0.183. The molecule has 0 radical (unpaired) electrons. The van der Waals surface area contributed by atoms with Crippen LogP contribution in [0.3, 0.4) is 0 Å². The van der Waals surface area contributed by atoms with Gasteiger partial charge in [0.25, 0.3) is 0 Å². The molecule has 2 saturated heterocycles. The van der Waals surface area contributed by atoms with Gasteiger partial charge in [-0.25, -0.2) is 0 Å². The average molecular weight is 444 g/mol. The van der Waals surface area contributed by atoms with Gasteiger partial charge in [-0.05, 0) is 81.3 Å². The molecule has 178 valence electrons. The summed E-state index contributed by atoms with van der Waals surface area (Å²) in [7, 11) is 0. The number of alkyl halides is 1. The number of halogens is 1. The Morgan fingerprint density at radius 2 is 1.91 bits per heavy atom. The molecule has 3 N–H and O–H groups in total. The van der Waals surface area contributed by atoms with E-state index in [1.807, 2.05) is 12.2 Å². The second-order valence-electron chi connectivity index (χ2n) is 13.1. The van der Waals surface area contributed by atoms with E-state index in [0.29, 0.717) is 12.2 Å². The Labute approximate surface area is 193 Å². The van der Waals surface area contributed by atoms with Crippen LogP contribution in [0.15, 0.2) is 23.8 Å². The number of hydrogen-bond acceptors (Lipinski definition) is 3. The van der Waals surface area contributed by atoms with Gasteiger partial charge in [-0.1, -0.05) is 44.6 Å². The first kappa shape index (κ1) is 23.1. The molecule has 5 rings (SSSR count). The smallest absolute Gasteiger partial charge is 0.194 e. The third-order valence-corrected chi connectivity index (χ3v) is 11.3. The zero-order valence-electron chi connectivity index (χ0n) is 20.5. The van der Waals surface area contributed by atoms with Gasteiger partial charge in [-0.3, -0.25) is 4.39 Å². The van der Waals surface area contributed by atoms with E-state index in [4.69, 9.17) is 0 Å². The van der Waals surface area contributed by atoms with E-state index in [1.165, 1.54) is 0 Å². The summed E-state index contributed by atoms with van der Waals surface area (Å²) in [5.41, 5.74) is -0.0470. The van der Waals surface area contributed by atoms with E-state index in [2.05, 4.69) is 26.8 Å². The van der Waals surface area contributed by atoms with Gasteiger partial charge in [-0.15, -0.1) is 0 Å². The molecule has 0 aromatic rings. The summed E-state index contributed by atoms with van der Waals surface area (Å²) in [6.07, 6.45) is 10.7. The van der Waals surface area contributed by atoms with Crippen molar-refractivity contribution in [1.82, 2.24) is 0 Å². The van der Waals surface area contributed by atoms with Crippen LogP contribution >= 0.6 is 0 Å². The van der Waals surface area contributed by atoms with Gasteiger partial charge in [-0.2, -0.15) is 0 Å². The fourth-order valence-corrected chi connectivity index (χ4v) is 9.62. The van der Waals surface area contributed by atoms with Crippen LogP contribution in [0.25, 0.3) is 0 Å². The summed E-state index contributed by atoms with van der Waals surface area (Å²) >= 11 is 0. The predicted molar refractivity (Wildman–Crippen MR) is 127 cm³/mol. The fraction of sp³-hybridized carbons (Fsp3) is 0.852. The zero-order chi connectivity index (χ0) is 23.3. The zero-order valence-corrected chi connectivity index (χ0v) is 20.5. The molecule has 2 saturated carbocycles. The first-order valence-electron chi connectivity index (χ1n) is 13.0. The number of aliphatic hydroxyl groups is 3. The maximum Gasteiger partial charge on any atom is 0.194 e. The Bertz CT molecular complexity index is 835. The van der Waals surface area contributed by atoms with Crippen molar-refractivity contribution in [2.24, 2.45) is 34.0 Å². The topological polar surface area (TPSA) is 60.7 Å². The largest absolute Gasteiger partial charge is 0.393 e. The fourth-order valence-electron chi connectivity index (χ4n) is 9.62. The van der Waals surface area contributed by atoms with Gasteiger partial charge >= 0.3 is 0 Å². The summed E-state index contributed by atoms with van der Waals surface area (Å²) in [6, 6.07) is 0. The standard InChI is InChI=1S/C27H42BFO3/c1-16-18-14-19(30)21-26(5)11-9-17(8-6-7-10-24(2,3)32)25(26,4)12-13-27(21)22(18)28(23(27)29)15-20(16)31/h7,10,14,16-17,19-23,30-32H,6,8-9,11-13,15H2,1-5H3/b10-7+/t16?,17?,19?,20?,21?,22?,23?,25?,26-,27?/m0/s1. The minimum Gasteiger partial charge on any atom is -0.393 e. The second-order valence-corrected chi connectivity index (χ2v) is 13.1. The van der Waals surface area contributed by atoms with Gasteiger partial charge in [0, 0.05) is 17.3 Å². The molecule has 3 nitrogen and oxygen atoms in total. The van der Waals surface area contributed by atoms with E-state index in [0.717, 1.165) is 44.1 Å². The minimum atomic E-state index is -0.909. The number of fused-ring (bicyclic) bond motifs is 2. The molecular formula is C27H42BFO3. The first-order valence-corrected chi connectivity index (χ1v) is 13.0. The first-order chi connectivity index (χ1) is 14.9. The molecule has 0 aromatic carbocycles. The van der Waals surface area contributed by atoms with Crippen LogP contribution < -0.4 is 0 Å². The van der Waals surface area contributed by atoms with E-state index in [9.17, 15) is 15.3 Å². The van der Waals surface area contributed by atoms with E-state index < -0.39 is 29.3 Å². The van der Waals surface area contributed by atoms with Crippen LogP contribution in [0.2, 0.25) is 12.1 Å². The third kappa shape index (κ3) is 2.83. The number of rotatable bonds is 4. The Balaban J connectivity index is 1.45. The third-order valence-electron chi connectivity index (χ3n) is 11.3. The maximum absolute atomic E-state index is 16.1. The lowest BCUT2D eigenvalue weighted by Gasteiger charge is -2.74. The van der Waals surface area contributed by atoms with Crippen LogP contribution in [0.1, 0.15) is 73.1 Å². The molecule has 2 aliphatic heterocycles. The molecular weight excluding hydrogens is 402 g/mol. The van der Waals surface area contributed by atoms with Gasteiger partial charge < -0.3 is 15.3 Å². The van der Waals surface area contributed by atoms with Crippen molar-refractivity contribution < 1.29 is 19.7 Å². The summed E-state index contributed by atoms with van der Waals surface area (Å²) < 4.78 is 16.1. The average Bonchev–Trinajstić information content (AvgIpc) is 2.97. The summed E-state index contributed by atoms with van der Waals surface area (Å²) in [6.45, 7) is 10.4. The van der Waals surface area contributed by atoms with Crippen molar-refractivity contribution in [2.45, 2.75) is 109 Å². The van der Waals surface area contributed by atoms with Gasteiger partial charge in [0.05, 0.1) is 23.9 Å². The normalized spacial score (nSPS) is 52.2. The van der Waals surface area contributed by atoms with Crippen molar-refractivity contribution in [3.05, 3.63) is 23.8 Å². The van der Waals surface area contributed by atoms with Gasteiger partial charge in [0.2, 0.25) is 0 Å². The van der Waals surface area contributed by atoms with Crippen LogP contribution in [0, 0.1) is 34.0 Å². The van der Waals surface area contributed by atoms with Crippen molar-refractivity contribution in [1.29, 1.82) is 0 Å². The van der Waals surface area contributed by atoms with Crippen LogP contribution in [-0.4, -0.2) is 45.9 Å². The van der Waals surface area contributed by atoms with Crippen LogP contribution in [0.5, 0.6) is 0 Å². The molecule has 5 heteroatoms. The molecule has 0 amide bonds. The number of hydrogen-bond donors (Lipinski definition) is 3. The van der Waals surface area contributed by atoms with Crippen molar-refractivity contribution in [3.63, 3.8) is 0 Å². The Kier molecular flexibility index (Phi) is 5.19. The Morgan fingerprint density at radius 1 is 1.19 bits per heavy atom. The van der Waals surface area contributed by atoms with E-state index >= 15 is 4.39 Å². The molecule has 0 bridgehead atoms. The molecule has 32 heavy (non-hydrogen) atoms. The molecule has 3 aliphatic carbocycles. The minimum absolute atomic E-state index is 0.0243. The van der Waals surface area contributed by atoms with Crippen molar-refractivity contribution >= 4 is 6.71 Å². The highest BCUT2D eigenvalue weighted by Crippen LogP contribution is 2.80. The molecule has 0 aromatic heterocycles.